The molecular weight excluding hydrogens is 537 g/mol. The van der Waals surface area contributed by atoms with Crippen LogP contribution in [-0.2, 0) is 24.2 Å². The van der Waals surface area contributed by atoms with Crippen LogP contribution in [0.25, 0.3) is 0 Å². The first kappa shape index (κ1) is 26.5. The summed E-state index contributed by atoms with van der Waals surface area (Å²) in [6, 6.07) is 19.2. The monoisotopic (exact) mass is 575 g/mol. The van der Waals surface area contributed by atoms with Crippen LogP contribution in [0.4, 0.5) is 0 Å². The molecular formula is C27H38IN5O. The van der Waals surface area contributed by atoms with Gasteiger partial charge in [-0.15, -0.1) is 24.0 Å². The van der Waals surface area contributed by atoms with Crippen molar-refractivity contribution < 1.29 is 4.79 Å². The van der Waals surface area contributed by atoms with Gasteiger partial charge in [0.05, 0.1) is 0 Å². The van der Waals surface area contributed by atoms with Crippen molar-refractivity contribution in [3.63, 3.8) is 0 Å². The van der Waals surface area contributed by atoms with E-state index >= 15 is 0 Å². The van der Waals surface area contributed by atoms with Crippen molar-refractivity contribution in [1.82, 2.24) is 20.4 Å². The molecule has 0 aliphatic carbocycles. The van der Waals surface area contributed by atoms with E-state index in [1.54, 1.807) is 0 Å². The van der Waals surface area contributed by atoms with Crippen LogP contribution in [0.3, 0.4) is 0 Å². The fourth-order valence-electron chi connectivity index (χ4n) is 4.83. The number of carbonyl (C=O) groups excluding carboxylic acids is 1. The Balaban J connectivity index is 0.00000324. The van der Waals surface area contributed by atoms with Crippen molar-refractivity contribution in [2.45, 2.75) is 32.2 Å². The van der Waals surface area contributed by atoms with Crippen LogP contribution in [0.15, 0.2) is 59.6 Å². The van der Waals surface area contributed by atoms with Gasteiger partial charge in [0.25, 0.3) is 0 Å². The third kappa shape index (κ3) is 7.70. The highest BCUT2D eigenvalue weighted by Crippen LogP contribution is 2.19. The summed E-state index contributed by atoms with van der Waals surface area (Å²) < 4.78 is 0. The molecule has 2 aliphatic rings. The van der Waals surface area contributed by atoms with Gasteiger partial charge in [0.1, 0.15) is 0 Å². The van der Waals surface area contributed by atoms with E-state index in [2.05, 4.69) is 69.1 Å². The van der Waals surface area contributed by atoms with Gasteiger partial charge in [0.15, 0.2) is 5.96 Å². The number of aliphatic imine (C=N–C) groups is 1. The van der Waals surface area contributed by atoms with Crippen molar-refractivity contribution in [2.24, 2.45) is 10.9 Å². The minimum atomic E-state index is 0. The Morgan fingerprint density at radius 3 is 2.59 bits per heavy atom. The van der Waals surface area contributed by atoms with Gasteiger partial charge in [0, 0.05) is 65.2 Å². The van der Waals surface area contributed by atoms with Gasteiger partial charge in [-0.1, -0.05) is 54.6 Å². The normalized spacial score (nSPS) is 18.4. The lowest BCUT2D eigenvalue weighted by molar-refractivity contribution is -0.127. The molecule has 2 heterocycles. The summed E-state index contributed by atoms with van der Waals surface area (Å²) >= 11 is 0. The molecule has 2 aromatic carbocycles. The van der Waals surface area contributed by atoms with E-state index < -0.39 is 0 Å². The Labute approximate surface area is 221 Å². The van der Waals surface area contributed by atoms with E-state index in [4.69, 9.17) is 0 Å². The van der Waals surface area contributed by atoms with E-state index in [0.29, 0.717) is 12.3 Å². The van der Waals surface area contributed by atoms with E-state index in [0.717, 1.165) is 71.0 Å². The maximum absolute atomic E-state index is 12.4. The molecule has 2 N–H and O–H groups in total. The van der Waals surface area contributed by atoms with Crippen molar-refractivity contribution in [3.05, 3.63) is 71.3 Å². The molecule has 0 saturated carbocycles. The zero-order valence-corrected chi connectivity index (χ0v) is 22.5. The first-order valence-electron chi connectivity index (χ1n) is 12.3. The van der Waals surface area contributed by atoms with E-state index in [-0.39, 0.29) is 29.9 Å². The summed E-state index contributed by atoms with van der Waals surface area (Å²) in [5, 5.41) is 6.86. The molecule has 1 fully saturated rings. The van der Waals surface area contributed by atoms with E-state index in [9.17, 15) is 4.79 Å². The second-order valence-corrected chi connectivity index (χ2v) is 9.17. The van der Waals surface area contributed by atoms with Crippen molar-refractivity contribution in [3.8, 4) is 0 Å². The number of hydrogen-bond acceptors (Lipinski definition) is 3. The smallest absolute Gasteiger partial charge is 0.223 e. The average molecular weight is 576 g/mol. The lowest BCUT2D eigenvalue weighted by Crippen LogP contribution is -2.41. The summed E-state index contributed by atoms with van der Waals surface area (Å²) in [7, 11) is 1.81. The van der Waals surface area contributed by atoms with Crippen LogP contribution in [0.5, 0.6) is 0 Å². The predicted molar refractivity (Wildman–Crippen MR) is 150 cm³/mol. The van der Waals surface area contributed by atoms with E-state index in [1.807, 2.05) is 18.0 Å². The quantitative estimate of drug-likeness (QED) is 0.209. The molecule has 4 rings (SSSR count). The van der Waals surface area contributed by atoms with Gasteiger partial charge < -0.3 is 15.5 Å². The summed E-state index contributed by atoms with van der Waals surface area (Å²) in [5.74, 6) is 1.43. The van der Waals surface area contributed by atoms with Crippen LogP contribution in [0.2, 0.25) is 0 Å². The minimum absolute atomic E-state index is 0. The molecule has 7 heteroatoms. The molecule has 184 valence electrons. The third-order valence-corrected chi connectivity index (χ3v) is 6.74. The van der Waals surface area contributed by atoms with Crippen LogP contribution in [0.1, 0.15) is 29.5 Å². The molecule has 2 aromatic rings. The summed E-state index contributed by atoms with van der Waals surface area (Å²) in [6.07, 6.45) is 3.76. The second kappa shape index (κ2) is 13.7. The lowest BCUT2D eigenvalue weighted by Gasteiger charge is -2.28. The van der Waals surface area contributed by atoms with Gasteiger partial charge in [-0.05, 0) is 36.0 Å². The number of fused-ring (bicyclic) bond motifs is 1. The molecule has 1 amide bonds. The summed E-state index contributed by atoms with van der Waals surface area (Å²) in [5.41, 5.74) is 4.25. The SMILES string of the molecule is CN=C(NCCCN1CCc2ccccc2C1)NCC1CC(=O)N(CCc2ccccc2)C1.I. The zero-order valence-electron chi connectivity index (χ0n) is 20.2. The second-order valence-electron chi connectivity index (χ2n) is 9.17. The molecule has 34 heavy (non-hydrogen) atoms. The topological polar surface area (TPSA) is 60.0 Å². The number of amides is 1. The van der Waals surface area contributed by atoms with Gasteiger partial charge in [0.2, 0.25) is 5.91 Å². The number of benzene rings is 2. The molecule has 2 aliphatic heterocycles. The number of likely N-dealkylation sites (tertiary alicyclic amines) is 1. The predicted octanol–water partition coefficient (Wildman–Crippen LogP) is 3.31. The number of nitrogens with one attached hydrogen (secondary N) is 2. The zero-order chi connectivity index (χ0) is 22.9. The largest absolute Gasteiger partial charge is 0.356 e. The molecule has 0 aromatic heterocycles. The van der Waals surface area contributed by atoms with Crippen LogP contribution in [-0.4, -0.2) is 68.0 Å². The number of rotatable bonds is 9. The number of nitrogens with zero attached hydrogens (tertiary/aromatic N) is 3. The maximum atomic E-state index is 12.4. The molecule has 0 spiro atoms. The molecule has 6 nitrogen and oxygen atoms in total. The third-order valence-electron chi connectivity index (χ3n) is 6.74. The Kier molecular flexibility index (Phi) is 10.7. The number of halogens is 1. The van der Waals surface area contributed by atoms with Gasteiger partial charge in [-0.3, -0.25) is 14.7 Å². The fraction of sp³-hybridized carbons (Fsp3) is 0.481. The molecule has 0 radical (unpaired) electrons. The highest BCUT2D eigenvalue weighted by Gasteiger charge is 2.29. The number of carbonyl (C=O) groups is 1. The highest BCUT2D eigenvalue weighted by molar-refractivity contribution is 14.0. The Bertz CT molecular complexity index is 936. The highest BCUT2D eigenvalue weighted by atomic mass is 127. The Morgan fingerprint density at radius 1 is 1.03 bits per heavy atom. The van der Waals surface area contributed by atoms with Crippen LogP contribution < -0.4 is 10.6 Å². The van der Waals surface area contributed by atoms with Crippen molar-refractivity contribution in [2.75, 3.05) is 46.3 Å². The van der Waals surface area contributed by atoms with Crippen LogP contribution in [0, 0.1) is 5.92 Å². The van der Waals surface area contributed by atoms with Gasteiger partial charge in [-0.2, -0.15) is 0 Å². The van der Waals surface area contributed by atoms with Gasteiger partial charge in [-0.25, -0.2) is 0 Å². The van der Waals surface area contributed by atoms with Gasteiger partial charge >= 0.3 is 0 Å². The number of hydrogen-bond donors (Lipinski definition) is 2. The molecule has 0 bridgehead atoms. The fourth-order valence-corrected chi connectivity index (χ4v) is 4.83. The van der Waals surface area contributed by atoms with Crippen molar-refractivity contribution >= 4 is 35.8 Å². The Morgan fingerprint density at radius 2 is 1.79 bits per heavy atom. The van der Waals surface area contributed by atoms with Crippen LogP contribution >= 0.6 is 24.0 Å². The van der Waals surface area contributed by atoms with E-state index in [1.165, 1.54) is 16.7 Å². The minimum Gasteiger partial charge on any atom is -0.356 e. The standard InChI is InChI=1S/C27H37N5O.HI/c1-28-27(29-14-7-15-31-16-13-24-10-5-6-11-25(24)21-31)30-19-23-18-26(33)32(20-23)17-12-22-8-3-2-4-9-22;/h2-6,8-11,23H,7,12-21H2,1H3,(H2,28,29,30);1H. The van der Waals surface area contributed by atoms with Crippen molar-refractivity contribution in [1.29, 1.82) is 0 Å². The molecule has 1 saturated heterocycles. The Hall–Kier alpha value is -2.13. The summed E-state index contributed by atoms with van der Waals surface area (Å²) in [6.45, 7) is 6.58. The molecule has 1 unspecified atom stereocenters. The number of guanidine groups is 1. The first-order chi connectivity index (χ1) is 16.2. The maximum Gasteiger partial charge on any atom is 0.223 e. The molecule has 1 atom stereocenters. The first-order valence-corrected chi connectivity index (χ1v) is 12.3. The lowest BCUT2D eigenvalue weighted by atomic mass is 10.00. The summed E-state index contributed by atoms with van der Waals surface area (Å²) in [4.78, 5) is 21.3. The average Bonchev–Trinajstić information content (AvgIpc) is 3.22.